The second-order valence-corrected chi connectivity index (χ2v) is 7.39. The third kappa shape index (κ3) is 3.30. The Morgan fingerprint density at radius 2 is 2.07 bits per heavy atom. The Hall–Kier alpha value is -2.68. The summed E-state index contributed by atoms with van der Waals surface area (Å²) in [5, 5.41) is 4.15. The lowest BCUT2D eigenvalue weighted by atomic mass is 9.78. The molecule has 0 aliphatic carbocycles. The quantitative estimate of drug-likeness (QED) is 0.809. The van der Waals surface area contributed by atoms with Gasteiger partial charge in [-0.15, -0.1) is 0 Å². The fraction of sp³-hybridized carbons (Fsp3) is 0.579. The van der Waals surface area contributed by atoms with Gasteiger partial charge in [-0.25, -0.2) is 4.98 Å². The monoisotopic (exact) mass is 386 g/mol. The Balaban J connectivity index is 1.47. The van der Waals surface area contributed by atoms with Gasteiger partial charge in [0.2, 0.25) is 11.8 Å². The molecule has 1 fully saturated rings. The summed E-state index contributed by atoms with van der Waals surface area (Å²) in [5.74, 6) is 0.104. The summed E-state index contributed by atoms with van der Waals surface area (Å²) in [4.78, 5) is 37.0. The summed E-state index contributed by atoms with van der Waals surface area (Å²) < 4.78 is 6.86. The molecule has 2 amide bonds. The van der Waals surface area contributed by atoms with Crippen molar-refractivity contribution < 1.29 is 14.3 Å². The van der Waals surface area contributed by atoms with Crippen LogP contribution >= 0.6 is 0 Å². The molecule has 2 aromatic heterocycles. The normalized spacial score (nSPS) is 18.3. The maximum Gasteiger partial charge on any atom is 0.249 e. The molecule has 0 radical (unpaired) electrons. The van der Waals surface area contributed by atoms with E-state index in [1.165, 1.54) is 7.11 Å². The lowest BCUT2D eigenvalue weighted by Gasteiger charge is -2.50. The molecule has 2 aromatic rings. The summed E-state index contributed by atoms with van der Waals surface area (Å²) in [6, 6.07) is 1.85. The summed E-state index contributed by atoms with van der Waals surface area (Å²) >= 11 is 0. The molecule has 0 atom stereocenters. The number of H-pyrrole nitrogens is 1. The highest BCUT2D eigenvalue weighted by Crippen LogP contribution is 2.42. The van der Waals surface area contributed by atoms with E-state index in [1.54, 1.807) is 17.2 Å². The summed E-state index contributed by atoms with van der Waals surface area (Å²) in [6.07, 6.45) is 7.85. The minimum absolute atomic E-state index is 0.0189. The van der Waals surface area contributed by atoms with Crippen LogP contribution in [-0.4, -0.2) is 74.7 Å². The number of hydrogen-bond acceptors (Lipinski definition) is 5. The van der Waals surface area contributed by atoms with Gasteiger partial charge in [0.05, 0.1) is 17.6 Å². The number of carbonyl (C=O) groups excluding carboxylic acids is 2. The van der Waals surface area contributed by atoms with Crippen molar-refractivity contribution in [1.29, 1.82) is 0 Å². The molecule has 1 saturated heterocycles. The standard InChI is InChI=1S/C19H26N6O3/c1-28-13-17(27)25-10-3-15-18(21-14-20-15)19(25)5-11-23(12-6-19)16(26)4-9-24-8-2-7-22-24/h2,7-8,14H,3-6,9-13H2,1H3,(H,20,21). The molecule has 28 heavy (non-hydrogen) atoms. The molecule has 2 aliphatic rings. The van der Waals surface area contributed by atoms with Crippen molar-refractivity contribution in [2.24, 2.45) is 0 Å². The zero-order valence-corrected chi connectivity index (χ0v) is 16.1. The number of aromatic amines is 1. The number of aromatic nitrogens is 4. The van der Waals surface area contributed by atoms with Gasteiger partial charge in [0.15, 0.2) is 0 Å². The number of nitrogens with zero attached hydrogens (tertiary/aromatic N) is 5. The molecule has 4 rings (SSSR count). The second kappa shape index (κ2) is 7.75. The van der Waals surface area contributed by atoms with Crippen molar-refractivity contribution in [3.8, 4) is 0 Å². The van der Waals surface area contributed by atoms with Crippen LogP contribution in [0.5, 0.6) is 0 Å². The lowest BCUT2D eigenvalue weighted by Crippen LogP contribution is -2.59. The average molecular weight is 386 g/mol. The predicted octanol–water partition coefficient (Wildman–Crippen LogP) is 0.545. The molecule has 4 heterocycles. The first-order valence-corrected chi connectivity index (χ1v) is 9.71. The van der Waals surface area contributed by atoms with E-state index in [2.05, 4.69) is 15.1 Å². The van der Waals surface area contributed by atoms with E-state index >= 15 is 0 Å². The number of hydrogen-bond donors (Lipinski definition) is 1. The molecule has 1 spiro atoms. The number of ether oxygens (including phenoxy) is 1. The van der Waals surface area contributed by atoms with E-state index < -0.39 is 5.54 Å². The van der Waals surface area contributed by atoms with Crippen molar-refractivity contribution in [3.63, 3.8) is 0 Å². The molecule has 0 unspecified atom stereocenters. The molecule has 9 heteroatoms. The van der Waals surface area contributed by atoms with Gasteiger partial charge in [-0.3, -0.25) is 14.3 Å². The molecular weight excluding hydrogens is 360 g/mol. The number of aryl methyl sites for hydroxylation is 1. The van der Waals surface area contributed by atoms with E-state index in [9.17, 15) is 9.59 Å². The minimum atomic E-state index is -0.456. The van der Waals surface area contributed by atoms with Crippen molar-refractivity contribution >= 4 is 11.8 Å². The van der Waals surface area contributed by atoms with E-state index in [0.29, 0.717) is 45.4 Å². The van der Waals surface area contributed by atoms with Gasteiger partial charge in [-0.1, -0.05) is 0 Å². The topological polar surface area (TPSA) is 96.4 Å². The highest BCUT2D eigenvalue weighted by molar-refractivity contribution is 5.79. The van der Waals surface area contributed by atoms with Crippen LogP contribution in [0.2, 0.25) is 0 Å². The van der Waals surface area contributed by atoms with Crippen molar-refractivity contribution in [3.05, 3.63) is 36.2 Å². The number of likely N-dealkylation sites (tertiary alicyclic amines) is 1. The van der Waals surface area contributed by atoms with Crippen LogP contribution in [0.15, 0.2) is 24.8 Å². The number of piperidine rings is 1. The minimum Gasteiger partial charge on any atom is -0.375 e. The van der Waals surface area contributed by atoms with Gasteiger partial charge in [-0.2, -0.15) is 5.10 Å². The largest absolute Gasteiger partial charge is 0.375 e. The molecule has 0 aromatic carbocycles. The van der Waals surface area contributed by atoms with Crippen LogP contribution < -0.4 is 0 Å². The first kappa shape index (κ1) is 18.7. The fourth-order valence-corrected chi connectivity index (χ4v) is 4.48. The van der Waals surface area contributed by atoms with Gasteiger partial charge in [0.1, 0.15) is 6.61 Å². The third-order valence-electron chi connectivity index (χ3n) is 5.89. The van der Waals surface area contributed by atoms with E-state index in [-0.39, 0.29) is 18.4 Å². The molecular formula is C19H26N6O3. The highest BCUT2D eigenvalue weighted by Gasteiger charge is 2.48. The first-order chi connectivity index (χ1) is 13.6. The van der Waals surface area contributed by atoms with Gasteiger partial charge < -0.3 is 19.5 Å². The average Bonchev–Trinajstić information content (AvgIpc) is 3.39. The number of methoxy groups -OCH3 is 1. The highest BCUT2D eigenvalue weighted by atomic mass is 16.5. The molecule has 2 aliphatic heterocycles. The molecule has 9 nitrogen and oxygen atoms in total. The van der Waals surface area contributed by atoms with Crippen LogP contribution in [0.25, 0.3) is 0 Å². The Morgan fingerprint density at radius 3 is 2.79 bits per heavy atom. The second-order valence-electron chi connectivity index (χ2n) is 7.39. The zero-order chi connectivity index (χ0) is 19.6. The van der Waals surface area contributed by atoms with Crippen LogP contribution in [-0.2, 0) is 32.8 Å². The van der Waals surface area contributed by atoms with Crippen molar-refractivity contribution in [2.75, 3.05) is 33.4 Å². The van der Waals surface area contributed by atoms with Crippen molar-refractivity contribution in [2.45, 2.75) is 37.8 Å². The number of carbonyl (C=O) groups is 2. The van der Waals surface area contributed by atoms with Crippen LogP contribution in [0, 0.1) is 0 Å². The summed E-state index contributed by atoms with van der Waals surface area (Å²) in [6.45, 7) is 2.51. The molecule has 150 valence electrons. The lowest BCUT2D eigenvalue weighted by molar-refractivity contribution is -0.147. The van der Waals surface area contributed by atoms with Crippen LogP contribution in [0.4, 0.5) is 0 Å². The van der Waals surface area contributed by atoms with E-state index in [4.69, 9.17) is 4.74 Å². The van der Waals surface area contributed by atoms with Gasteiger partial charge in [0.25, 0.3) is 0 Å². The number of fused-ring (bicyclic) bond motifs is 2. The Morgan fingerprint density at radius 1 is 1.25 bits per heavy atom. The smallest absolute Gasteiger partial charge is 0.249 e. The predicted molar refractivity (Wildman–Crippen MR) is 100 cm³/mol. The molecule has 0 bridgehead atoms. The Bertz CT molecular complexity index is 823. The maximum absolute atomic E-state index is 12.7. The maximum atomic E-state index is 12.7. The number of nitrogens with one attached hydrogen (secondary N) is 1. The molecule has 1 N–H and O–H groups in total. The number of imidazole rings is 1. The Kier molecular flexibility index (Phi) is 5.17. The number of amides is 2. The summed E-state index contributed by atoms with van der Waals surface area (Å²) in [7, 11) is 1.54. The zero-order valence-electron chi connectivity index (χ0n) is 16.1. The summed E-state index contributed by atoms with van der Waals surface area (Å²) in [5.41, 5.74) is 1.59. The van der Waals surface area contributed by atoms with Gasteiger partial charge in [0, 0.05) is 64.2 Å². The molecule has 0 saturated carbocycles. The third-order valence-corrected chi connectivity index (χ3v) is 5.89. The van der Waals surface area contributed by atoms with E-state index in [1.807, 2.05) is 22.1 Å². The van der Waals surface area contributed by atoms with Gasteiger partial charge in [-0.05, 0) is 18.9 Å². The first-order valence-electron chi connectivity index (χ1n) is 9.71. The number of rotatable bonds is 5. The SMILES string of the molecule is COCC(=O)N1CCc2[nH]cnc2C12CCN(C(=O)CCn1cccn1)CC2. The van der Waals surface area contributed by atoms with E-state index in [0.717, 1.165) is 17.8 Å². The van der Waals surface area contributed by atoms with Crippen molar-refractivity contribution in [1.82, 2.24) is 29.5 Å². The Labute approximate surface area is 163 Å². The van der Waals surface area contributed by atoms with Crippen LogP contribution in [0.3, 0.4) is 0 Å². The fourth-order valence-electron chi connectivity index (χ4n) is 4.48. The van der Waals surface area contributed by atoms with Gasteiger partial charge >= 0.3 is 0 Å². The van der Waals surface area contributed by atoms with Crippen LogP contribution in [0.1, 0.15) is 30.7 Å².